The standard InChI is InChI=1S/C16H29O7P/c1-10(6-7-17)4-3-5-11(2)9-24(22)16-15(21)14(20)13(19)12(8-18)23-16/h5,9-10,12-21H,3-4,6-8H2,1-2H3/b11-5-/t10?,12-,13-,14+,15+,16?/m1/s1. The lowest BCUT2D eigenvalue weighted by Gasteiger charge is -2.37. The van der Waals surface area contributed by atoms with Crippen LogP contribution in [0.3, 0.4) is 0 Å². The van der Waals surface area contributed by atoms with Crippen LogP contribution in [0, 0.1) is 5.92 Å². The third-order valence-corrected chi connectivity index (χ3v) is 5.79. The van der Waals surface area contributed by atoms with Crippen LogP contribution in [0.15, 0.2) is 11.6 Å². The van der Waals surface area contributed by atoms with Crippen LogP contribution in [0.2, 0.25) is 0 Å². The smallest absolute Gasteiger partial charge is 0.240 e. The largest absolute Gasteiger partial charge is 0.628 e. The Bertz CT molecular complexity index is 438. The molecule has 0 aliphatic carbocycles. The Morgan fingerprint density at radius 1 is 1.17 bits per heavy atom. The van der Waals surface area contributed by atoms with E-state index in [1.54, 1.807) is 6.92 Å². The second-order valence-electron chi connectivity index (χ2n) is 6.35. The molecule has 0 aromatic carbocycles. The first-order chi connectivity index (χ1) is 11.3. The number of aliphatic hydroxyl groups is 5. The molecule has 0 bridgehead atoms. The van der Waals surface area contributed by atoms with Crippen LogP contribution in [0.5, 0.6) is 0 Å². The highest BCUT2D eigenvalue weighted by molar-refractivity contribution is 7.51. The summed E-state index contributed by atoms with van der Waals surface area (Å²) in [7, 11) is -2.13. The molecule has 0 saturated carbocycles. The Kier molecular flexibility index (Phi) is 9.56. The van der Waals surface area contributed by atoms with Gasteiger partial charge in [-0.15, -0.1) is 0 Å². The van der Waals surface area contributed by atoms with Gasteiger partial charge in [0.25, 0.3) is 0 Å². The zero-order valence-corrected chi connectivity index (χ0v) is 15.0. The molecule has 1 saturated heterocycles. The fourth-order valence-electron chi connectivity index (χ4n) is 2.58. The van der Waals surface area contributed by atoms with Crippen LogP contribution in [0.1, 0.15) is 33.1 Å². The molecule has 3 unspecified atom stereocenters. The highest BCUT2D eigenvalue weighted by Crippen LogP contribution is 2.33. The molecule has 0 amide bonds. The van der Waals surface area contributed by atoms with E-state index < -0.39 is 44.6 Å². The topological polar surface area (TPSA) is 133 Å². The van der Waals surface area contributed by atoms with Crippen molar-refractivity contribution < 1.29 is 35.2 Å². The molecule has 1 rings (SSSR count). The minimum absolute atomic E-state index is 0.166. The average Bonchev–Trinajstić information content (AvgIpc) is 2.53. The van der Waals surface area contributed by atoms with Crippen molar-refractivity contribution in [2.24, 2.45) is 5.92 Å². The van der Waals surface area contributed by atoms with Gasteiger partial charge in [-0.1, -0.05) is 13.0 Å². The van der Waals surface area contributed by atoms with E-state index >= 15 is 0 Å². The third-order valence-electron chi connectivity index (χ3n) is 4.20. The number of ether oxygens (including phenoxy) is 1. The predicted molar refractivity (Wildman–Crippen MR) is 90.6 cm³/mol. The lowest BCUT2D eigenvalue weighted by Crippen LogP contribution is -2.58. The quantitative estimate of drug-likeness (QED) is 0.352. The van der Waals surface area contributed by atoms with E-state index in [1.807, 2.05) is 6.08 Å². The highest BCUT2D eigenvalue weighted by Gasteiger charge is 2.47. The molecule has 8 heteroatoms. The van der Waals surface area contributed by atoms with E-state index in [9.17, 15) is 20.2 Å². The zero-order valence-electron chi connectivity index (χ0n) is 14.2. The summed E-state index contributed by atoms with van der Waals surface area (Å²) in [5.41, 5.74) is 0.768. The SMILES string of the molecule is CC(=C/CCC(C)CCO)/C=[P+](\[O-])C1O[C@H](CO)[C@@H](O)[C@H](O)[C@@H]1O. The van der Waals surface area contributed by atoms with Gasteiger partial charge in [-0.3, -0.25) is 0 Å². The molecule has 0 spiro atoms. The van der Waals surface area contributed by atoms with Crippen molar-refractivity contribution in [3.63, 3.8) is 0 Å². The Morgan fingerprint density at radius 2 is 1.83 bits per heavy atom. The van der Waals surface area contributed by atoms with Crippen LogP contribution in [-0.4, -0.2) is 74.8 Å². The first kappa shape index (κ1) is 21.7. The van der Waals surface area contributed by atoms with E-state index in [0.717, 1.165) is 24.8 Å². The number of hydrogen-bond acceptors (Lipinski definition) is 7. The number of aliphatic hydroxyl groups excluding tert-OH is 5. The first-order valence-electron chi connectivity index (χ1n) is 8.20. The summed E-state index contributed by atoms with van der Waals surface area (Å²) in [6.45, 7) is 3.46. The van der Waals surface area contributed by atoms with Crippen molar-refractivity contribution in [1.82, 2.24) is 0 Å². The van der Waals surface area contributed by atoms with Gasteiger partial charge >= 0.3 is 0 Å². The van der Waals surface area contributed by atoms with Gasteiger partial charge in [0.15, 0.2) is 6.10 Å². The second kappa shape index (κ2) is 10.6. The Balaban J connectivity index is 2.69. The highest BCUT2D eigenvalue weighted by atomic mass is 31.1. The minimum atomic E-state index is -2.13. The first-order valence-corrected chi connectivity index (χ1v) is 9.60. The van der Waals surface area contributed by atoms with Crippen molar-refractivity contribution in [3.8, 4) is 0 Å². The molecule has 1 fully saturated rings. The lowest BCUT2D eigenvalue weighted by molar-refractivity contribution is -0.225. The molecule has 0 aromatic heterocycles. The molecule has 7 atom stereocenters. The third kappa shape index (κ3) is 6.17. The van der Waals surface area contributed by atoms with Crippen LogP contribution in [0.4, 0.5) is 0 Å². The van der Waals surface area contributed by atoms with Gasteiger partial charge in [-0.05, 0) is 37.7 Å². The fraction of sp³-hybridized carbons (Fsp3) is 0.812. The molecule has 1 heterocycles. The van der Waals surface area contributed by atoms with Gasteiger partial charge in [0, 0.05) is 6.61 Å². The molecule has 1 aliphatic heterocycles. The van der Waals surface area contributed by atoms with Gasteiger partial charge in [-0.2, -0.15) is 0 Å². The summed E-state index contributed by atoms with van der Waals surface area (Å²) in [5.74, 6) is 0.698. The molecule has 0 radical (unpaired) electrons. The van der Waals surface area contributed by atoms with E-state index in [0.29, 0.717) is 5.92 Å². The lowest BCUT2D eigenvalue weighted by atomic mass is 10.0. The molecule has 7 nitrogen and oxygen atoms in total. The van der Waals surface area contributed by atoms with Crippen molar-refractivity contribution >= 4 is 13.6 Å². The molecule has 5 N–H and O–H groups in total. The Morgan fingerprint density at radius 3 is 2.42 bits per heavy atom. The summed E-state index contributed by atoms with van der Waals surface area (Å²) in [6.07, 6.45) is -1.15. The van der Waals surface area contributed by atoms with Crippen molar-refractivity contribution in [3.05, 3.63) is 11.6 Å². The number of hydrogen-bond donors (Lipinski definition) is 5. The summed E-state index contributed by atoms with van der Waals surface area (Å²) in [5, 5.41) is 47.4. The van der Waals surface area contributed by atoms with E-state index in [1.165, 1.54) is 5.80 Å². The van der Waals surface area contributed by atoms with E-state index in [-0.39, 0.29) is 6.61 Å². The van der Waals surface area contributed by atoms with Crippen molar-refractivity contribution in [2.45, 2.75) is 63.4 Å². The maximum Gasteiger partial charge on any atom is 0.240 e. The summed E-state index contributed by atoms with van der Waals surface area (Å²) < 4.78 is 5.29. The fourth-order valence-corrected chi connectivity index (χ4v) is 3.99. The summed E-state index contributed by atoms with van der Waals surface area (Å²) in [6, 6.07) is 0. The molecular formula is C16H29O7P. The summed E-state index contributed by atoms with van der Waals surface area (Å²) in [4.78, 5) is 12.4. The maximum absolute atomic E-state index is 12.4. The predicted octanol–water partition coefficient (Wildman–Crippen LogP) is -0.909. The average molecular weight is 364 g/mol. The second-order valence-corrected chi connectivity index (χ2v) is 7.84. The van der Waals surface area contributed by atoms with Gasteiger partial charge in [0.1, 0.15) is 24.1 Å². The van der Waals surface area contributed by atoms with Crippen LogP contribution in [-0.2, 0) is 4.74 Å². The number of allylic oxidation sites excluding steroid dienone is 2. The normalized spacial score (nSPS) is 33.6. The Labute approximate surface area is 143 Å². The maximum atomic E-state index is 12.4. The Hall–Kier alpha value is -0.370. The van der Waals surface area contributed by atoms with E-state index in [4.69, 9.17) is 14.9 Å². The van der Waals surface area contributed by atoms with Crippen LogP contribution >= 0.6 is 7.77 Å². The molecule has 1 aliphatic rings. The van der Waals surface area contributed by atoms with Crippen molar-refractivity contribution in [1.29, 1.82) is 0 Å². The molecule has 24 heavy (non-hydrogen) atoms. The van der Waals surface area contributed by atoms with Gasteiger partial charge in [-0.25, -0.2) is 0 Å². The molecule has 0 aromatic rings. The monoisotopic (exact) mass is 364 g/mol. The minimum Gasteiger partial charge on any atom is -0.628 e. The molecular weight excluding hydrogens is 335 g/mol. The van der Waals surface area contributed by atoms with E-state index in [2.05, 4.69) is 6.92 Å². The zero-order chi connectivity index (χ0) is 18.3. The van der Waals surface area contributed by atoms with Crippen LogP contribution < -0.4 is 4.89 Å². The van der Waals surface area contributed by atoms with Crippen LogP contribution in [0.25, 0.3) is 0 Å². The number of rotatable bonds is 8. The van der Waals surface area contributed by atoms with Crippen molar-refractivity contribution in [2.75, 3.05) is 13.2 Å². The van der Waals surface area contributed by atoms with Gasteiger partial charge in [0.05, 0.1) is 14.4 Å². The van der Waals surface area contributed by atoms with Gasteiger partial charge < -0.3 is 35.2 Å². The van der Waals surface area contributed by atoms with Gasteiger partial charge in [0.2, 0.25) is 5.85 Å². The molecule has 140 valence electrons. The summed E-state index contributed by atoms with van der Waals surface area (Å²) >= 11 is 0.